The first-order valence-electron chi connectivity index (χ1n) is 10.4. The Bertz CT molecular complexity index is 764. The highest BCUT2D eigenvalue weighted by Crippen LogP contribution is 2.48. The lowest BCUT2D eigenvalue weighted by molar-refractivity contribution is 0.368. The lowest BCUT2D eigenvalue weighted by Crippen LogP contribution is -2.53. The minimum absolute atomic E-state index is 0.363. The van der Waals surface area contributed by atoms with Crippen LogP contribution >= 0.6 is 0 Å². The summed E-state index contributed by atoms with van der Waals surface area (Å²) in [4.78, 5) is 18.4. The van der Waals surface area contributed by atoms with E-state index in [0.717, 1.165) is 57.6 Å². The topological polar surface area (TPSA) is 56.7 Å². The van der Waals surface area contributed by atoms with Gasteiger partial charge in [-0.1, -0.05) is 30.3 Å². The number of hydrogen-bond acceptors (Lipinski definition) is 4. The smallest absolute Gasteiger partial charge is 0.225 e. The highest BCUT2D eigenvalue weighted by atomic mass is 15.4. The van der Waals surface area contributed by atoms with E-state index >= 15 is 0 Å². The number of aromatic nitrogens is 2. The van der Waals surface area contributed by atoms with E-state index in [1.807, 2.05) is 18.5 Å². The molecule has 0 amide bonds. The van der Waals surface area contributed by atoms with Gasteiger partial charge < -0.3 is 15.1 Å². The molecule has 1 aromatic carbocycles. The van der Waals surface area contributed by atoms with Crippen LogP contribution in [0.3, 0.4) is 0 Å². The van der Waals surface area contributed by atoms with Crippen molar-refractivity contribution in [3.05, 3.63) is 54.4 Å². The lowest BCUT2D eigenvalue weighted by Gasteiger charge is -2.36. The van der Waals surface area contributed by atoms with Gasteiger partial charge in [-0.2, -0.15) is 0 Å². The van der Waals surface area contributed by atoms with Crippen LogP contribution in [0.15, 0.2) is 53.8 Å². The highest BCUT2D eigenvalue weighted by Gasteiger charge is 2.42. The Morgan fingerprint density at radius 2 is 1.75 bits per heavy atom. The van der Waals surface area contributed by atoms with Crippen LogP contribution < -0.4 is 10.2 Å². The van der Waals surface area contributed by atoms with Gasteiger partial charge in [-0.05, 0) is 43.2 Å². The molecule has 0 spiro atoms. The van der Waals surface area contributed by atoms with Crippen molar-refractivity contribution in [3.63, 3.8) is 0 Å². The van der Waals surface area contributed by atoms with Crippen LogP contribution in [0.4, 0.5) is 5.95 Å². The molecule has 6 nitrogen and oxygen atoms in total. The van der Waals surface area contributed by atoms with Gasteiger partial charge in [0.15, 0.2) is 5.96 Å². The second kappa shape index (κ2) is 8.59. The van der Waals surface area contributed by atoms with Gasteiger partial charge in [-0.25, -0.2) is 9.97 Å². The Kier molecular flexibility index (Phi) is 5.74. The SMILES string of the molecule is CCNC(=NCC1(Cc2ccccc2)CC1)N1CCN(c2ncccn2)CC1. The fourth-order valence-electron chi connectivity index (χ4n) is 3.84. The molecule has 1 aromatic heterocycles. The van der Waals surface area contributed by atoms with Gasteiger partial charge in [-0.3, -0.25) is 4.99 Å². The zero-order valence-electron chi connectivity index (χ0n) is 16.7. The average Bonchev–Trinajstić information content (AvgIpc) is 3.52. The van der Waals surface area contributed by atoms with E-state index in [2.05, 4.69) is 62.3 Å². The molecule has 28 heavy (non-hydrogen) atoms. The molecule has 1 saturated heterocycles. The van der Waals surface area contributed by atoms with Gasteiger partial charge in [-0.15, -0.1) is 0 Å². The Labute approximate surface area is 167 Å². The number of aliphatic imine (C=N–C) groups is 1. The normalized spacial score (nSPS) is 18.8. The molecule has 1 aliphatic carbocycles. The molecule has 2 aromatic rings. The number of hydrogen-bond donors (Lipinski definition) is 1. The molecule has 4 rings (SSSR count). The van der Waals surface area contributed by atoms with Crippen LogP contribution in [0.2, 0.25) is 0 Å². The Balaban J connectivity index is 1.36. The van der Waals surface area contributed by atoms with Crippen molar-refractivity contribution < 1.29 is 0 Å². The van der Waals surface area contributed by atoms with Crippen molar-refractivity contribution in [1.82, 2.24) is 20.2 Å². The summed E-state index contributed by atoms with van der Waals surface area (Å²) in [6.45, 7) is 7.66. The second-order valence-electron chi connectivity index (χ2n) is 7.86. The van der Waals surface area contributed by atoms with Crippen LogP contribution in [-0.2, 0) is 6.42 Å². The molecule has 1 N–H and O–H groups in total. The summed E-state index contributed by atoms with van der Waals surface area (Å²) in [7, 11) is 0. The van der Waals surface area contributed by atoms with E-state index in [4.69, 9.17) is 4.99 Å². The molecular formula is C22H30N6. The van der Waals surface area contributed by atoms with Crippen molar-refractivity contribution in [2.75, 3.05) is 44.2 Å². The third kappa shape index (κ3) is 4.61. The molecule has 0 unspecified atom stereocenters. The van der Waals surface area contributed by atoms with Gasteiger partial charge in [0, 0.05) is 51.7 Å². The monoisotopic (exact) mass is 378 g/mol. The molecule has 2 heterocycles. The predicted molar refractivity (Wildman–Crippen MR) is 114 cm³/mol. The van der Waals surface area contributed by atoms with Crippen molar-refractivity contribution >= 4 is 11.9 Å². The largest absolute Gasteiger partial charge is 0.357 e. The van der Waals surface area contributed by atoms with Crippen molar-refractivity contribution in [3.8, 4) is 0 Å². The third-order valence-corrected chi connectivity index (χ3v) is 5.69. The van der Waals surface area contributed by atoms with Gasteiger partial charge in [0.1, 0.15) is 0 Å². The maximum absolute atomic E-state index is 5.05. The third-order valence-electron chi connectivity index (χ3n) is 5.69. The molecule has 1 aliphatic heterocycles. The van der Waals surface area contributed by atoms with E-state index in [0.29, 0.717) is 5.41 Å². The summed E-state index contributed by atoms with van der Waals surface area (Å²) in [5.74, 6) is 1.87. The van der Waals surface area contributed by atoms with Crippen molar-refractivity contribution in [2.24, 2.45) is 10.4 Å². The van der Waals surface area contributed by atoms with Gasteiger partial charge >= 0.3 is 0 Å². The Hall–Kier alpha value is -2.63. The van der Waals surface area contributed by atoms with Crippen molar-refractivity contribution in [2.45, 2.75) is 26.2 Å². The van der Waals surface area contributed by atoms with E-state index in [1.54, 1.807) is 0 Å². The fraction of sp³-hybridized carbons (Fsp3) is 0.500. The van der Waals surface area contributed by atoms with Gasteiger partial charge in [0.05, 0.1) is 0 Å². The molecule has 2 fully saturated rings. The van der Waals surface area contributed by atoms with Gasteiger partial charge in [0.25, 0.3) is 0 Å². The quantitative estimate of drug-likeness (QED) is 0.618. The average molecular weight is 379 g/mol. The minimum atomic E-state index is 0.363. The van der Waals surface area contributed by atoms with Crippen LogP contribution in [0.5, 0.6) is 0 Å². The first-order chi connectivity index (χ1) is 13.8. The summed E-state index contributed by atoms with van der Waals surface area (Å²) in [5, 5.41) is 3.50. The molecule has 6 heteroatoms. The van der Waals surface area contributed by atoms with Crippen LogP contribution in [-0.4, -0.2) is 60.1 Å². The molecule has 148 valence electrons. The number of rotatable bonds is 6. The predicted octanol–water partition coefficient (Wildman–Crippen LogP) is 2.59. The molecule has 2 aliphatic rings. The second-order valence-corrected chi connectivity index (χ2v) is 7.86. The maximum Gasteiger partial charge on any atom is 0.225 e. The summed E-state index contributed by atoms with van der Waals surface area (Å²) >= 11 is 0. The van der Waals surface area contributed by atoms with Gasteiger partial charge in [0.2, 0.25) is 5.95 Å². The number of anilines is 1. The first-order valence-corrected chi connectivity index (χ1v) is 10.4. The standard InChI is InChI=1S/C22H30N6/c1-2-23-20(26-18-22(9-10-22)17-19-7-4-3-5-8-19)27-13-15-28(16-14-27)21-24-11-6-12-25-21/h3-8,11-12H,2,9-10,13-18H2,1H3,(H,23,26). The number of nitrogens with one attached hydrogen (secondary N) is 1. The van der Waals surface area contributed by atoms with Crippen LogP contribution in [0, 0.1) is 5.41 Å². The Morgan fingerprint density at radius 3 is 2.39 bits per heavy atom. The molecule has 1 saturated carbocycles. The molecule has 0 atom stereocenters. The summed E-state index contributed by atoms with van der Waals surface area (Å²) in [6, 6.07) is 12.7. The molecule has 0 radical (unpaired) electrons. The summed E-state index contributed by atoms with van der Waals surface area (Å²) < 4.78 is 0. The minimum Gasteiger partial charge on any atom is -0.357 e. The van der Waals surface area contributed by atoms with Crippen LogP contribution in [0.25, 0.3) is 0 Å². The van der Waals surface area contributed by atoms with Crippen molar-refractivity contribution in [1.29, 1.82) is 0 Å². The lowest BCUT2D eigenvalue weighted by atomic mass is 9.97. The maximum atomic E-state index is 5.05. The first kappa shape index (κ1) is 18.7. The summed E-state index contributed by atoms with van der Waals surface area (Å²) in [6.07, 6.45) is 7.31. The summed E-state index contributed by atoms with van der Waals surface area (Å²) in [5.41, 5.74) is 1.79. The van der Waals surface area contributed by atoms with E-state index < -0.39 is 0 Å². The zero-order chi connectivity index (χ0) is 19.2. The number of guanidine groups is 1. The van der Waals surface area contributed by atoms with Crippen LogP contribution in [0.1, 0.15) is 25.3 Å². The number of benzene rings is 1. The molecule has 0 bridgehead atoms. The highest BCUT2D eigenvalue weighted by molar-refractivity contribution is 5.80. The number of piperazine rings is 1. The van der Waals surface area contributed by atoms with E-state index in [9.17, 15) is 0 Å². The van der Waals surface area contributed by atoms with E-state index in [1.165, 1.54) is 18.4 Å². The zero-order valence-corrected chi connectivity index (χ0v) is 16.7. The fourth-order valence-corrected chi connectivity index (χ4v) is 3.84. The van der Waals surface area contributed by atoms with E-state index in [-0.39, 0.29) is 0 Å². The molecular weight excluding hydrogens is 348 g/mol. The Morgan fingerprint density at radius 1 is 1.04 bits per heavy atom. The number of nitrogens with zero attached hydrogens (tertiary/aromatic N) is 5.